The Bertz CT molecular complexity index is 1120. The quantitative estimate of drug-likeness (QED) is 0.534. The van der Waals surface area contributed by atoms with Gasteiger partial charge in [0.2, 0.25) is 0 Å². The summed E-state index contributed by atoms with van der Waals surface area (Å²) in [4.78, 5) is 40.8. The predicted molar refractivity (Wildman–Crippen MR) is 115 cm³/mol. The number of aromatic amines is 1. The van der Waals surface area contributed by atoms with Gasteiger partial charge in [0.05, 0.1) is 19.3 Å². The van der Waals surface area contributed by atoms with Gasteiger partial charge in [0.1, 0.15) is 11.6 Å². The molecule has 0 saturated carbocycles. The van der Waals surface area contributed by atoms with Gasteiger partial charge in [-0.05, 0) is 37.0 Å². The average molecular weight is 443 g/mol. The van der Waals surface area contributed by atoms with Crippen LogP contribution in [0, 0.1) is 6.92 Å². The number of H-pyrrole nitrogens is 1. The molecule has 2 heterocycles. The van der Waals surface area contributed by atoms with E-state index in [1.807, 2.05) is 18.2 Å². The molecular formula is C22H23ClN4O4. The Morgan fingerprint density at radius 3 is 2.52 bits per heavy atom. The second-order valence-corrected chi connectivity index (χ2v) is 7.45. The highest BCUT2D eigenvalue weighted by molar-refractivity contribution is 6.31. The van der Waals surface area contributed by atoms with E-state index >= 15 is 0 Å². The lowest BCUT2D eigenvalue weighted by Crippen LogP contribution is -2.26. The molecule has 0 amide bonds. The first-order chi connectivity index (χ1) is 14.9. The molecule has 0 radical (unpaired) electrons. The van der Waals surface area contributed by atoms with Crippen LogP contribution in [0.4, 0.5) is 0 Å². The molecule has 162 valence electrons. The van der Waals surface area contributed by atoms with E-state index in [0.29, 0.717) is 29.5 Å². The number of rotatable bonds is 8. The van der Waals surface area contributed by atoms with Crippen LogP contribution in [-0.2, 0) is 28.9 Å². The molecule has 0 aliphatic heterocycles. The van der Waals surface area contributed by atoms with Crippen LogP contribution >= 0.6 is 11.6 Å². The first-order valence-corrected chi connectivity index (χ1v) is 10.0. The number of benzene rings is 1. The van der Waals surface area contributed by atoms with Gasteiger partial charge in [0, 0.05) is 30.4 Å². The van der Waals surface area contributed by atoms with Crippen molar-refractivity contribution in [2.24, 2.45) is 0 Å². The van der Waals surface area contributed by atoms with Gasteiger partial charge in [-0.25, -0.2) is 19.7 Å². The zero-order valence-corrected chi connectivity index (χ0v) is 18.3. The molecular weight excluding hydrogens is 420 g/mol. The molecule has 0 bridgehead atoms. The molecule has 3 rings (SSSR count). The first kappa shape index (κ1) is 22.6. The second-order valence-electron chi connectivity index (χ2n) is 7.04. The number of aryl methyl sites for hydroxylation is 1. The van der Waals surface area contributed by atoms with Gasteiger partial charge in [-0.15, -0.1) is 0 Å². The van der Waals surface area contributed by atoms with Gasteiger partial charge in [0.15, 0.2) is 5.69 Å². The molecule has 0 saturated heterocycles. The molecule has 0 spiro atoms. The number of esters is 1. The van der Waals surface area contributed by atoms with Gasteiger partial charge in [-0.1, -0.05) is 29.8 Å². The third-order valence-electron chi connectivity index (χ3n) is 4.83. The van der Waals surface area contributed by atoms with Crippen molar-refractivity contribution in [2.45, 2.75) is 32.3 Å². The molecule has 0 aliphatic carbocycles. The summed E-state index contributed by atoms with van der Waals surface area (Å²) in [5.74, 6) is 0.0223. The zero-order valence-electron chi connectivity index (χ0n) is 17.5. The number of methoxy groups -OCH3 is 2. The van der Waals surface area contributed by atoms with Crippen molar-refractivity contribution in [3.05, 3.63) is 86.1 Å². The molecule has 3 aromatic rings. The van der Waals surface area contributed by atoms with Crippen LogP contribution in [-0.4, -0.2) is 40.1 Å². The minimum atomic E-state index is -0.699. The van der Waals surface area contributed by atoms with Crippen LogP contribution in [0.25, 0.3) is 0 Å². The second kappa shape index (κ2) is 10.3. The summed E-state index contributed by atoms with van der Waals surface area (Å²) in [7, 11) is 2.68. The van der Waals surface area contributed by atoms with Crippen LogP contribution < -0.4 is 5.56 Å². The highest BCUT2D eigenvalue weighted by Crippen LogP contribution is 2.26. The number of halogens is 1. The number of hydrogen-bond donors (Lipinski definition) is 1. The van der Waals surface area contributed by atoms with E-state index in [4.69, 9.17) is 21.1 Å². The van der Waals surface area contributed by atoms with Crippen LogP contribution in [0.1, 0.15) is 44.7 Å². The number of nitrogens with zero attached hydrogens (tertiary/aromatic N) is 3. The molecule has 1 N–H and O–H groups in total. The maximum Gasteiger partial charge on any atom is 0.357 e. The van der Waals surface area contributed by atoms with Crippen molar-refractivity contribution in [1.82, 2.24) is 19.9 Å². The Hall–Kier alpha value is -3.10. The number of aromatic nitrogens is 4. The van der Waals surface area contributed by atoms with Crippen LogP contribution in [0.5, 0.6) is 0 Å². The minimum Gasteiger partial charge on any atom is -0.464 e. The Morgan fingerprint density at radius 2 is 1.87 bits per heavy atom. The van der Waals surface area contributed by atoms with Crippen molar-refractivity contribution in [3.63, 3.8) is 0 Å². The van der Waals surface area contributed by atoms with E-state index in [-0.39, 0.29) is 23.8 Å². The number of hydrogen-bond acceptors (Lipinski definition) is 7. The van der Waals surface area contributed by atoms with Crippen LogP contribution in [0.15, 0.2) is 41.5 Å². The molecule has 0 aliphatic rings. The van der Waals surface area contributed by atoms with Gasteiger partial charge in [0.25, 0.3) is 5.56 Å². The van der Waals surface area contributed by atoms with E-state index in [1.165, 1.54) is 14.2 Å². The highest BCUT2D eigenvalue weighted by atomic mass is 35.5. The van der Waals surface area contributed by atoms with Gasteiger partial charge in [-0.2, -0.15) is 0 Å². The number of nitrogens with one attached hydrogen (secondary N) is 1. The van der Waals surface area contributed by atoms with E-state index in [2.05, 4.69) is 19.9 Å². The van der Waals surface area contributed by atoms with Crippen molar-refractivity contribution in [1.29, 1.82) is 0 Å². The van der Waals surface area contributed by atoms with Crippen molar-refractivity contribution in [2.75, 3.05) is 14.2 Å². The highest BCUT2D eigenvalue weighted by Gasteiger charge is 2.24. The summed E-state index contributed by atoms with van der Waals surface area (Å²) < 4.78 is 9.89. The van der Waals surface area contributed by atoms with E-state index in [1.54, 1.807) is 25.4 Å². The maximum absolute atomic E-state index is 12.8. The Morgan fingerprint density at radius 1 is 1.16 bits per heavy atom. The molecule has 9 heteroatoms. The van der Waals surface area contributed by atoms with Gasteiger partial charge in [-0.3, -0.25) is 4.79 Å². The fourth-order valence-corrected chi connectivity index (χ4v) is 3.47. The molecule has 1 aromatic carbocycles. The summed E-state index contributed by atoms with van der Waals surface area (Å²) in [5, 5.41) is 0.610. The molecule has 2 aromatic heterocycles. The number of carbonyl (C=O) groups excluding carboxylic acids is 1. The SMILES string of the molecule is COCc1c(C(=O)OC)nc(C(Cc2cnc(C)nc2)Cc2ccccc2Cl)[nH]c1=O. The van der Waals surface area contributed by atoms with Crippen molar-refractivity contribution < 1.29 is 14.3 Å². The van der Waals surface area contributed by atoms with E-state index in [0.717, 1.165) is 11.1 Å². The summed E-state index contributed by atoms with van der Waals surface area (Å²) >= 11 is 6.37. The summed E-state index contributed by atoms with van der Waals surface area (Å²) in [5.41, 5.74) is 1.37. The van der Waals surface area contributed by atoms with Crippen molar-refractivity contribution >= 4 is 17.6 Å². The monoisotopic (exact) mass is 442 g/mol. The van der Waals surface area contributed by atoms with E-state index < -0.39 is 11.5 Å². The predicted octanol–water partition coefficient (Wildman–Crippen LogP) is 3.02. The topological polar surface area (TPSA) is 107 Å². The summed E-state index contributed by atoms with van der Waals surface area (Å²) in [6.45, 7) is 1.75. The Labute approximate surface area is 184 Å². The van der Waals surface area contributed by atoms with Crippen LogP contribution in [0.2, 0.25) is 5.02 Å². The summed E-state index contributed by atoms with van der Waals surface area (Å²) in [6, 6.07) is 7.47. The van der Waals surface area contributed by atoms with Gasteiger partial charge >= 0.3 is 5.97 Å². The summed E-state index contributed by atoms with van der Waals surface area (Å²) in [6.07, 6.45) is 4.44. The number of carbonyl (C=O) groups is 1. The third-order valence-corrected chi connectivity index (χ3v) is 5.20. The fraction of sp³-hybridized carbons (Fsp3) is 0.318. The Kier molecular flexibility index (Phi) is 7.49. The Balaban J connectivity index is 2.08. The first-order valence-electron chi connectivity index (χ1n) is 9.64. The lowest BCUT2D eigenvalue weighted by Gasteiger charge is -2.18. The minimum absolute atomic E-state index is 0.0615. The zero-order chi connectivity index (χ0) is 22.4. The largest absolute Gasteiger partial charge is 0.464 e. The standard InChI is InChI=1S/C22H23ClN4O4/c1-13-24-10-14(11-25-13)8-16(9-15-6-4-5-7-18(15)23)20-26-19(22(29)31-3)17(12-30-2)21(28)27-20/h4-7,10-11,16H,8-9,12H2,1-3H3,(H,26,27,28). The van der Waals surface area contributed by atoms with Crippen molar-refractivity contribution in [3.8, 4) is 0 Å². The molecule has 0 fully saturated rings. The third kappa shape index (κ3) is 5.53. The number of ether oxygens (including phenoxy) is 2. The molecule has 8 nitrogen and oxygen atoms in total. The smallest absolute Gasteiger partial charge is 0.357 e. The molecule has 1 unspecified atom stereocenters. The molecule has 1 atom stereocenters. The van der Waals surface area contributed by atoms with E-state index in [9.17, 15) is 9.59 Å². The lowest BCUT2D eigenvalue weighted by molar-refractivity contribution is 0.0587. The lowest BCUT2D eigenvalue weighted by atomic mass is 9.92. The fourth-order valence-electron chi connectivity index (χ4n) is 3.26. The van der Waals surface area contributed by atoms with Crippen LogP contribution in [0.3, 0.4) is 0 Å². The maximum atomic E-state index is 12.8. The normalized spacial score (nSPS) is 11.9. The average Bonchev–Trinajstić information content (AvgIpc) is 2.77. The van der Waals surface area contributed by atoms with Gasteiger partial charge < -0.3 is 14.5 Å². The molecule has 31 heavy (non-hydrogen) atoms.